The molecule has 4 rings (SSSR count). The predicted octanol–water partition coefficient (Wildman–Crippen LogP) is 4.80. The van der Waals surface area contributed by atoms with E-state index in [0.717, 1.165) is 58.3 Å². The van der Waals surface area contributed by atoms with Crippen LogP contribution in [-0.2, 0) is 11.2 Å². The number of aromatic nitrogens is 1. The average molecular weight is 452 g/mol. The van der Waals surface area contributed by atoms with E-state index >= 15 is 0 Å². The van der Waals surface area contributed by atoms with Crippen molar-refractivity contribution < 1.29 is 4.79 Å². The summed E-state index contributed by atoms with van der Waals surface area (Å²) in [5.74, 6) is 0.559. The molecular weight excluding hydrogens is 426 g/mol. The molecule has 1 fully saturated rings. The summed E-state index contributed by atoms with van der Waals surface area (Å²) >= 11 is 3.54. The summed E-state index contributed by atoms with van der Waals surface area (Å²) in [5, 5.41) is 4.28. The molecule has 0 aliphatic carbocycles. The Morgan fingerprint density at radius 2 is 2.03 bits per heavy atom. The number of para-hydroxylation sites is 1. The Kier molecular flexibility index (Phi) is 5.86. The lowest BCUT2D eigenvalue weighted by Gasteiger charge is -2.19. The highest BCUT2D eigenvalue weighted by Crippen LogP contribution is 2.26. The lowest BCUT2D eigenvalue weighted by molar-refractivity contribution is -0.120. The van der Waals surface area contributed by atoms with Crippen molar-refractivity contribution >= 4 is 38.4 Å². The second-order valence-electron chi connectivity index (χ2n) is 7.88. The Balaban J connectivity index is 1.36. The third kappa shape index (κ3) is 4.45. The lowest BCUT2D eigenvalue weighted by atomic mass is 9.99. The molecule has 2 aromatic carbocycles. The fraction of sp³-hybridized carbons (Fsp3) is 0.333. The molecule has 0 unspecified atom stereocenters. The number of hydrogen-bond donors (Lipinski definition) is 1. The van der Waals surface area contributed by atoms with Crippen LogP contribution in [0.3, 0.4) is 0 Å². The minimum Gasteiger partial charge on any atom is -0.371 e. The van der Waals surface area contributed by atoms with E-state index < -0.39 is 0 Å². The van der Waals surface area contributed by atoms with E-state index in [-0.39, 0.29) is 5.91 Å². The largest absolute Gasteiger partial charge is 0.371 e. The van der Waals surface area contributed by atoms with Gasteiger partial charge in [-0.3, -0.25) is 9.78 Å². The van der Waals surface area contributed by atoms with Crippen LogP contribution in [-0.4, -0.2) is 30.5 Å². The maximum absolute atomic E-state index is 12.6. The van der Waals surface area contributed by atoms with E-state index in [9.17, 15) is 4.79 Å². The molecule has 0 spiro atoms. The number of amides is 1. The highest BCUT2D eigenvalue weighted by molar-refractivity contribution is 9.10. The smallest absolute Gasteiger partial charge is 0.224 e. The Labute approximate surface area is 180 Å². The van der Waals surface area contributed by atoms with Gasteiger partial charge in [0.15, 0.2) is 0 Å². The van der Waals surface area contributed by atoms with E-state index in [2.05, 4.69) is 62.3 Å². The van der Waals surface area contributed by atoms with Crippen molar-refractivity contribution in [2.24, 2.45) is 5.92 Å². The number of carbonyl (C=O) groups excluding carboxylic acids is 1. The zero-order chi connectivity index (χ0) is 20.4. The fourth-order valence-electron chi connectivity index (χ4n) is 4.22. The van der Waals surface area contributed by atoms with E-state index in [4.69, 9.17) is 0 Å². The van der Waals surface area contributed by atoms with Crippen LogP contribution in [0.15, 0.2) is 53.0 Å². The van der Waals surface area contributed by atoms with E-state index in [0.29, 0.717) is 12.3 Å². The molecule has 1 N–H and O–H groups in total. The number of fused-ring (bicyclic) bond motifs is 1. The summed E-state index contributed by atoms with van der Waals surface area (Å²) < 4.78 is 1.10. The van der Waals surface area contributed by atoms with Gasteiger partial charge in [0.2, 0.25) is 5.91 Å². The number of benzene rings is 2. The predicted molar refractivity (Wildman–Crippen MR) is 122 cm³/mol. The first-order valence-corrected chi connectivity index (χ1v) is 10.9. The molecule has 1 amide bonds. The topological polar surface area (TPSA) is 45.2 Å². The van der Waals surface area contributed by atoms with Gasteiger partial charge >= 0.3 is 0 Å². The first kappa shape index (κ1) is 19.9. The summed E-state index contributed by atoms with van der Waals surface area (Å²) in [5.41, 5.74) is 5.37. The van der Waals surface area contributed by atoms with Gasteiger partial charge in [-0.1, -0.05) is 40.2 Å². The summed E-state index contributed by atoms with van der Waals surface area (Å²) in [6.07, 6.45) is 1.49. The first-order valence-electron chi connectivity index (χ1n) is 10.1. The van der Waals surface area contributed by atoms with E-state index in [1.807, 2.05) is 31.2 Å². The maximum atomic E-state index is 12.6. The molecule has 1 aliphatic rings. The summed E-state index contributed by atoms with van der Waals surface area (Å²) in [4.78, 5) is 19.7. The molecule has 0 radical (unpaired) electrons. The summed E-state index contributed by atoms with van der Waals surface area (Å²) in [6, 6.07) is 16.5. The van der Waals surface area contributed by atoms with Gasteiger partial charge < -0.3 is 10.2 Å². The van der Waals surface area contributed by atoms with Crippen LogP contribution in [0.4, 0.5) is 5.69 Å². The van der Waals surface area contributed by atoms with Crippen LogP contribution in [0.2, 0.25) is 0 Å². The van der Waals surface area contributed by atoms with Crippen molar-refractivity contribution in [3.63, 3.8) is 0 Å². The molecule has 1 atom stereocenters. The highest BCUT2D eigenvalue weighted by Gasteiger charge is 2.23. The average Bonchev–Trinajstić information content (AvgIpc) is 3.19. The fourth-order valence-corrected chi connectivity index (χ4v) is 4.61. The van der Waals surface area contributed by atoms with Gasteiger partial charge in [0.25, 0.3) is 0 Å². The molecule has 1 saturated heterocycles. The van der Waals surface area contributed by atoms with Crippen molar-refractivity contribution in [3.05, 3.63) is 69.8 Å². The number of hydrogen-bond acceptors (Lipinski definition) is 3. The van der Waals surface area contributed by atoms with Crippen LogP contribution in [0.1, 0.15) is 23.2 Å². The molecule has 4 nitrogen and oxygen atoms in total. The van der Waals surface area contributed by atoms with Crippen molar-refractivity contribution in [1.82, 2.24) is 10.3 Å². The van der Waals surface area contributed by atoms with Gasteiger partial charge in [-0.25, -0.2) is 0 Å². The van der Waals surface area contributed by atoms with Gasteiger partial charge in [0.1, 0.15) is 0 Å². The van der Waals surface area contributed by atoms with Crippen molar-refractivity contribution in [2.75, 3.05) is 24.5 Å². The third-order valence-corrected chi connectivity index (χ3v) is 6.36. The molecule has 2 heterocycles. The molecule has 0 saturated carbocycles. The maximum Gasteiger partial charge on any atom is 0.224 e. The number of anilines is 1. The van der Waals surface area contributed by atoms with E-state index in [1.54, 1.807) is 0 Å². The molecule has 3 aromatic rings. The van der Waals surface area contributed by atoms with Gasteiger partial charge in [0.05, 0.1) is 11.9 Å². The standard InChI is InChI=1S/C24H26BrN3O/c1-16-21-8-3-4-9-23(21)27-17(2)22(16)13-24(29)26-14-18-10-11-28(15-18)20-7-5-6-19(25)12-20/h3-9,12,18H,10-11,13-15H2,1-2H3,(H,26,29)/t18-/m1/s1. The van der Waals surface area contributed by atoms with Crippen LogP contribution < -0.4 is 10.2 Å². The third-order valence-electron chi connectivity index (χ3n) is 5.87. The first-order chi connectivity index (χ1) is 14.0. The lowest BCUT2D eigenvalue weighted by Crippen LogP contribution is -2.32. The normalized spacial score (nSPS) is 16.4. The van der Waals surface area contributed by atoms with Crippen molar-refractivity contribution in [2.45, 2.75) is 26.7 Å². The summed E-state index contributed by atoms with van der Waals surface area (Å²) in [6.45, 7) is 6.82. The number of aryl methyl sites for hydroxylation is 2. The number of nitrogens with zero attached hydrogens (tertiary/aromatic N) is 2. The Hall–Kier alpha value is -2.40. The second kappa shape index (κ2) is 8.54. The highest BCUT2D eigenvalue weighted by atomic mass is 79.9. The molecular formula is C24H26BrN3O. The molecule has 5 heteroatoms. The minimum atomic E-state index is 0.0780. The molecule has 0 bridgehead atoms. The zero-order valence-electron chi connectivity index (χ0n) is 16.9. The number of halogens is 1. The monoisotopic (exact) mass is 451 g/mol. The Morgan fingerprint density at radius 1 is 1.21 bits per heavy atom. The number of carbonyl (C=O) groups is 1. The Morgan fingerprint density at radius 3 is 2.86 bits per heavy atom. The second-order valence-corrected chi connectivity index (χ2v) is 8.80. The molecule has 150 valence electrons. The SMILES string of the molecule is Cc1nc2ccccc2c(C)c1CC(=O)NC[C@H]1CCN(c2cccc(Br)c2)C1. The Bertz CT molecular complexity index is 1050. The van der Waals surface area contributed by atoms with Gasteiger partial charge in [0, 0.05) is 40.9 Å². The van der Waals surface area contributed by atoms with Crippen LogP contribution >= 0.6 is 15.9 Å². The van der Waals surface area contributed by atoms with Crippen molar-refractivity contribution in [1.29, 1.82) is 0 Å². The number of nitrogens with one attached hydrogen (secondary N) is 1. The van der Waals surface area contributed by atoms with E-state index in [1.165, 1.54) is 5.69 Å². The van der Waals surface area contributed by atoms with Gasteiger partial charge in [-0.15, -0.1) is 0 Å². The van der Waals surface area contributed by atoms with Crippen LogP contribution in [0.25, 0.3) is 10.9 Å². The number of rotatable bonds is 5. The van der Waals surface area contributed by atoms with Crippen molar-refractivity contribution in [3.8, 4) is 0 Å². The molecule has 29 heavy (non-hydrogen) atoms. The minimum absolute atomic E-state index is 0.0780. The van der Waals surface area contributed by atoms with Gasteiger partial charge in [-0.2, -0.15) is 0 Å². The molecule has 1 aliphatic heterocycles. The molecule has 1 aromatic heterocycles. The van der Waals surface area contributed by atoms with Crippen LogP contribution in [0.5, 0.6) is 0 Å². The number of pyridine rings is 1. The zero-order valence-corrected chi connectivity index (χ0v) is 18.5. The van der Waals surface area contributed by atoms with Gasteiger partial charge in [-0.05, 0) is 61.6 Å². The quantitative estimate of drug-likeness (QED) is 0.605. The summed E-state index contributed by atoms with van der Waals surface area (Å²) in [7, 11) is 0. The van der Waals surface area contributed by atoms with Crippen LogP contribution in [0, 0.1) is 19.8 Å².